The predicted octanol–water partition coefficient (Wildman–Crippen LogP) is 2.78. The molecule has 11 heavy (non-hydrogen) atoms. The lowest BCUT2D eigenvalue weighted by Gasteiger charge is -1.90. The highest BCUT2D eigenvalue weighted by Crippen LogP contribution is 2.07. The van der Waals surface area contributed by atoms with Crippen molar-refractivity contribution in [2.75, 3.05) is 0 Å². The Morgan fingerprint density at radius 3 is 3.09 bits per heavy atom. The third-order valence-corrected chi connectivity index (χ3v) is 1.97. The van der Waals surface area contributed by atoms with Crippen LogP contribution in [-0.4, -0.2) is 4.98 Å². The molecule has 1 nitrogen and oxygen atoms in total. The van der Waals surface area contributed by atoms with Crippen molar-refractivity contribution in [1.29, 1.82) is 0 Å². The van der Waals surface area contributed by atoms with Crippen molar-refractivity contribution in [1.82, 2.24) is 4.98 Å². The molecule has 0 spiro atoms. The van der Waals surface area contributed by atoms with E-state index in [4.69, 9.17) is 0 Å². The van der Waals surface area contributed by atoms with Gasteiger partial charge in [-0.25, -0.2) is 4.98 Å². The van der Waals surface area contributed by atoms with Gasteiger partial charge >= 0.3 is 0 Å². The summed E-state index contributed by atoms with van der Waals surface area (Å²) in [6.07, 6.45) is 1.78. The van der Waals surface area contributed by atoms with Crippen LogP contribution in [-0.2, 0) is 0 Å². The number of hydrogen-bond acceptors (Lipinski definition) is 2. The average molecular weight is 275 g/mol. The maximum Gasteiger partial charge on any atom is 0.114 e. The van der Waals surface area contributed by atoms with Crippen molar-refractivity contribution in [2.24, 2.45) is 0 Å². The zero-order valence-corrected chi connectivity index (χ0v) is 8.94. The zero-order chi connectivity index (χ0) is 8.10. The van der Waals surface area contributed by atoms with E-state index in [-0.39, 0.29) is 0 Å². The number of hydrogen-bond donors (Lipinski definition) is 0. The summed E-state index contributed by atoms with van der Waals surface area (Å²) in [6.45, 7) is 2.03. The molecular weight excluding hydrogens is 269 g/mol. The highest BCUT2D eigenvalue weighted by Gasteiger charge is 1.86. The minimum atomic E-state index is 0.842. The molecule has 1 rings (SSSR count). The van der Waals surface area contributed by atoms with Crippen LogP contribution in [0.3, 0.4) is 0 Å². The number of halogens is 1. The maximum atomic E-state index is 4.09. The Morgan fingerprint density at radius 2 is 2.45 bits per heavy atom. The molecule has 0 N–H and O–H groups in total. The molecule has 0 aliphatic carbocycles. The van der Waals surface area contributed by atoms with Gasteiger partial charge in [-0.3, -0.25) is 0 Å². The number of rotatable bonds is 0. The van der Waals surface area contributed by atoms with Gasteiger partial charge in [0.2, 0.25) is 0 Å². The lowest BCUT2D eigenvalue weighted by atomic mass is 10.2. The topological polar surface area (TPSA) is 12.9 Å². The van der Waals surface area contributed by atoms with Gasteiger partial charge in [-0.1, -0.05) is 0 Å². The first-order chi connectivity index (χ1) is 5.33. The second-order valence-electron chi connectivity index (χ2n) is 2.02. The van der Waals surface area contributed by atoms with Gasteiger partial charge in [0.15, 0.2) is 0 Å². The molecule has 0 atom stereocenters. The van der Waals surface area contributed by atoms with E-state index in [1.807, 2.05) is 19.1 Å². The first-order valence-corrected chi connectivity index (χ1v) is 6.40. The fourth-order valence-electron chi connectivity index (χ4n) is 0.676. The normalized spacial score (nSPS) is 8.55. The monoisotopic (exact) mass is 275 g/mol. The molecule has 0 amide bonds. The van der Waals surface area contributed by atoms with Gasteiger partial charge in [-0.15, -0.1) is 0 Å². The second kappa shape index (κ2) is 4.62. The van der Waals surface area contributed by atoms with E-state index in [9.17, 15) is 0 Å². The predicted molar refractivity (Wildman–Crippen MR) is 57.5 cm³/mol. The summed E-state index contributed by atoms with van der Waals surface area (Å²) in [4.78, 5) is 4.09. The van der Waals surface area contributed by atoms with Gasteiger partial charge in [0.05, 0.1) is 0 Å². The molecule has 1 heterocycles. The van der Waals surface area contributed by atoms with Crippen molar-refractivity contribution in [3.63, 3.8) is 0 Å². The van der Waals surface area contributed by atoms with Gasteiger partial charge in [0, 0.05) is 27.4 Å². The average Bonchev–Trinajstić information content (AvgIpc) is 2.01. The molecule has 0 radical (unpaired) electrons. The quantitative estimate of drug-likeness (QED) is 0.533. The minimum absolute atomic E-state index is 0.842. The minimum Gasteiger partial charge on any atom is -0.248 e. The third kappa shape index (κ3) is 3.12. The zero-order valence-electron chi connectivity index (χ0n) is 5.97. The molecule has 0 saturated heterocycles. The summed E-state index contributed by atoms with van der Waals surface area (Å²) in [5.41, 5.74) is 2.04. The Labute approximate surface area is 82.6 Å². The highest BCUT2D eigenvalue weighted by atomic mass is 127. The first kappa shape index (κ1) is 8.88. The fraction of sp³-hybridized carbons (Fsp3) is 0.125. The van der Waals surface area contributed by atoms with E-state index >= 15 is 0 Å². The Kier molecular flexibility index (Phi) is 3.73. The van der Waals surface area contributed by atoms with Crippen molar-refractivity contribution in [2.45, 2.75) is 6.92 Å². The van der Waals surface area contributed by atoms with E-state index < -0.39 is 0 Å². The van der Waals surface area contributed by atoms with Crippen molar-refractivity contribution in [3.05, 3.63) is 29.6 Å². The van der Waals surface area contributed by atoms with Crippen LogP contribution in [0.1, 0.15) is 11.3 Å². The Balaban J connectivity index is 2.87. The number of pyridine rings is 1. The number of aryl methyl sites for hydroxylation is 1. The van der Waals surface area contributed by atoms with Crippen LogP contribution in [0.25, 0.3) is 0 Å². The maximum absolute atomic E-state index is 4.09. The third-order valence-electron chi connectivity index (χ3n) is 1.13. The van der Waals surface area contributed by atoms with Crippen LogP contribution < -0.4 is 0 Å². The van der Waals surface area contributed by atoms with Crippen LogP contribution in [0.4, 0.5) is 0 Å². The largest absolute Gasteiger partial charge is 0.248 e. The number of aromatic nitrogens is 1. The Bertz CT molecular complexity index is 300. The second-order valence-corrected chi connectivity index (χ2v) is 3.70. The van der Waals surface area contributed by atoms with Gasteiger partial charge in [0.1, 0.15) is 5.69 Å². The summed E-state index contributed by atoms with van der Waals surface area (Å²) in [5.74, 6) is 2.93. The fourth-order valence-corrected chi connectivity index (χ4v) is 1.15. The Hall–Kier alpha value is -0.210. The lowest BCUT2D eigenvalue weighted by Crippen LogP contribution is -1.81. The lowest BCUT2D eigenvalue weighted by molar-refractivity contribution is 1.25. The van der Waals surface area contributed by atoms with Crippen LogP contribution in [0.15, 0.2) is 18.3 Å². The van der Waals surface area contributed by atoms with Crippen molar-refractivity contribution >= 4 is 30.1 Å². The molecule has 0 unspecified atom stereocenters. The van der Waals surface area contributed by atoms with E-state index in [0.717, 1.165) is 5.69 Å². The molecule has 0 bridgehead atoms. The van der Waals surface area contributed by atoms with Gasteiger partial charge < -0.3 is 0 Å². The van der Waals surface area contributed by atoms with Crippen LogP contribution >= 0.6 is 30.1 Å². The van der Waals surface area contributed by atoms with Gasteiger partial charge in [-0.2, -0.15) is 0 Å². The molecule has 3 heteroatoms. The summed E-state index contributed by atoms with van der Waals surface area (Å²) in [6, 6.07) is 3.93. The molecule has 0 saturated carbocycles. The highest BCUT2D eigenvalue weighted by molar-refractivity contribution is 14.2. The van der Waals surface area contributed by atoms with Crippen molar-refractivity contribution < 1.29 is 0 Å². The molecule has 56 valence electrons. The summed E-state index contributed by atoms with van der Waals surface area (Å²) in [5, 5.41) is 2.88. The summed E-state index contributed by atoms with van der Waals surface area (Å²) in [7, 11) is 1.47. The van der Waals surface area contributed by atoms with E-state index in [1.54, 1.807) is 6.20 Å². The molecule has 0 aliphatic rings. The number of nitrogens with zero attached hydrogens (tertiary/aromatic N) is 1. The van der Waals surface area contributed by atoms with Crippen LogP contribution in [0.5, 0.6) is 0 Å². The summed E-state index contributed by atoms with van der Waals surface area (Å²) >= 11 is 2.14. The van der Waals surface area contributed by atoms with E-state index in [1.165, 1.54) is 14.5 Å². The molecule has 0 aliphatic heterocycles. The smallest absolute Gasteiger partial charge is 0.114 e. The van der Waals surface area contributed by atoms with Crippen LogP contribution in [0.2, 0.25) is 0 Å². The SMILES string of the molecule is Cc1ccnc(C#CSI)c1. The Morgan fingerprint density at radius 1 is 1.64 bits per heavy atom. The molecule has 1 aromatic heterocycles. The molecule has 0 aromatic carbocycles. The molecular formula is C8H6INS. The van der Waals surface area contributed by atoms with E-state index in [2.05, 4.69) is 37.4 Å². The molecule has 1 aromatic rings. The summed E-state index contributed by atoms with van der Waals surface area (Å²) < 4.78 is 0. The van der Waals surface area contributed by atoms with Gasteiger partial charge in [0.25, 0.3) is 0 Å². The van der Waals surface area contributed by atoms with Crippen molar-refractivity contribution in [3.8, 4) is 11.2 Å². The van der Waals surface area contributed by atoms with E-state index in [0.29, 0.717) is 0 Å². The first-order valence-electron chi connectivity index (χ1n) is 3.04. The van der Waals surface area contributed by atoms with Crippen LogP contribution in [0, 0.1) is 18.1 Å². The van der Waals surface area contributed by atoms with Gasteiger partial charge in [-0.05, 0) is 44.7 Å². The standard InChI is InChI=1S/C8H6INS/c1-7-2-4-10-8(6-7)3-5-11-9/h2,4,6H,1H3. The molecule has 0 fully saturated rings.